The van der Waals surface area contributed by atoms with Gasteiger partial charge in [-0.15, -0.1) is 0 Å². The number of nitrogens with zero attached hydrogens (tertiary/aromatic N) is 1. The highest BCUT2D eigenvalue weighted by atomic mass is 32.1. The Labute approximate surface area is 179 Å². The summed E-state index contributed by atoms with van der Waals surface area (Å²) in [6.45, 7) is 2.39. The van der Waals surface area contributed by atoms with E-state index >= 15 is 0 Å². The van der Waals surface area contributed by atoms with Gasteiger partial charge < -0.3 is 10.1 Å². The molecule has 1 heterocycles. The van der Waals surface area contributed by atoms with E-state index in [1.54, 1.807) is 12.1 Å². The Hall–Kier alpha value is -3.52. The van der Waals surface area contributed by atoms with E-state index in [-0.39, 0.29) is 12.3 Å². The number of hydrazine groups is 1. The van der Waals surface area contributed by atoms with Gasteiger partial charge in [0.2, 0.25) is 12.3 Å². The van der Waals surface area contributed by atoms with Crippen LogP contribution in [0.2, 0.25) is 0 Å². The molecule has 0 fully saturated rings. The van der Waals surface area contributed by atoms with Crippen LogP contribution >= 0.6 is 12.2 Å². The molecule has 8 heteroatoms. The smallest absolute Gasteiger partial charge is 0.225 e. The van der Waals surface area contributed by atoms with Gasteiger partial charge in [-0.1, -0.05) is 30.4 Å². The number of carbonyl (C=O) groups excluding carboxylic acids is 2. The van der Waals surface area contributed by atoms with Gasteiger partial charge >= 0.3 is 0 Å². The van der Waals surface area contributed by atoms with E-state index in [0.717, 1.165) is 22.2 Å². The molecular formula is C22H22N4O3S. The van der Waals surface area contributed by atoms with Crippen LogP contribution in [0.5, 0.6) is 5.75 Å². The number of hydrogen-bond acceptors (Lipinski definition) is 5. The summed E-state index contributed by atoms with van der Waals surface area (Å²) >= 11 is 4.99. The molecule has 2 amide bonds. The van der Waals surface area contributed by atoms with Crippen LogP contribution in [-0.2, 0) is 16.2 Å². The largest absolute Gasteiger partial charge is 0.489 e. The Bertz CT molecular complexity index is 1050. The minimum atomic E-state index is -0.169. The van der Waals surface area contributed by atoms with Gasteiger partial charge in [0.1, 0.15) is 12.4 Å². The van der Waals surface area contributed by atoms with Gasteiger partial charge in [-0.25, -0.2) is 0 Å². The van der Waals surface area contributed by atoms with Crippen molar-refractivity contribution in [2.45, 2.75) is 26.4 Å². The predicted octanol–water partition coefficient (Wildman–Crippen LogP) is 3.42. The summed E-state index contributed by atoms with van der Waals surface area (Å²) in [6.07, 6.45) is 1.02. The number of ether oxygens (including phenoxy) is 1. The average Bonchev–Trinajstić information content (AvgIpc) is 2.75. The number of pyridine rings is 1. The lowest BCUT2D eigenvalue weighted by Crippen LogP contribution is -2.35. The fourth-order valence-corrected chi connectivity index (χ4v) is 3.09. The van der Waals surface area contributed by atoms with Gasteiger partial charge in [0, 0.05) is 35.2 Å². The third-order valence-electron chi connectivity index (χ3n) is 4.31. The zero-order valence-corrected chi connectivity index (χ0v) is 17.3. The first-order chi connectivity index (χ1) is 14.5. The van der Waals surface area contributed by atoms with Gasteiger partial charge in [0.15, 0.2) is 0 Å². The Morgan fingerprint density at radius 1 is 1.13 bits per heavy atom. The first kappa shape index (κ1) is 21.2. The summed E-state index contributed by atoms with van der Waals surface area (Å²) < 4.78 is 5.93. The fourth-order valence-electron chi connectivity index (χ4n) is 2.93. The molecule has 7 nitrogen and oxygen atoms in total. The zero-order valence-electron chi connectivity index (χ0n) is 16.5. The maximum absolute atomic E-state index is 12.0. The summed E-state index contributed by atoms with van der Waals surface area (Å²) in [5.74, 6) is 0.537. The SMILES string of the molecule is Cc1cc(COc2ccc(NC(=O)CCC(=S)NNC=O)cc2)c2ccccc2n1. The number of rotatable bonds is 9. The van der Waals surface area contributed by atoms with Gasteiger partial charge in [-0.2, -0.15) is 0 Å². The third kappa shape index (κ3) is 5.99. The number of hydrogen-bond donors (Lipinski definition) is 3. The molecule has 30 heavy (non-hydrogen) atoms. The molecule has 0 saturated carbocycles. The molecule has 3 aromatic rings. The summed E-state index contributed by atoms with van der Waals surface area (Å²) in [6, 6.07) is 17.2. The number of aromatic nitrogens is 1. The maximum Gasteiger partial charge on any atom is 0.225 e. The molecule has 154 valence electrons. The first-order valence-electron chi connectivity index (χ1n) is 9.41. The van der Waals surface area contributed by atoms with Crippen molar-refractivity contribution in [3.05, 3.63) is 65.9 Å². The fraction of sp³-hybridized carbons (Fsp3) is 0.182. The molecule has 0 aliphatic heterocycles. The van der Waals surface area contributed by atoms with Crippen LogP contribution in [0.3, 0.4) is 0 Å². The second-order valence-electron chi connectivity index (χ2n) is 6.61. The van der Waals surface area contributed by atoms with Crippen LogP contribution in [0.15, 0.2) is 54.6 Å². The van der Waals surface area contributed by atoms with E-state index in [9.17, 15) is 9.59 Å². The maximum atomic E-state index is 12.0. The Kier molecular flexibility index (Phi) is 7.29. The standard InChI is InChI=1S/C22H22N4O3S/c1-15-12-16(19-4-2-3-5-20(19)24-15)13-29-18-8-6-17(7-9-18)25-21(28)10-11-22(30)26-23-14-27/h2-9,12,14H,10-11,13H2,1H3,(H,23,27)(H,25,28)(H,26,30). The van der Waals surface area contributed by atoms with Crippen LogP contribution in [0.1, 0.15) is 24.1 Å². The quantitative estimate of drug-likeness (QED) is 0.278. The molecule has 0 radical (unpaired) electrons. The predicted molar refractivity (Wildman–Crippen MR) is 120 cm³/mol. The molecule has 0 aliphatic rings. The van der Waals surface area contributed by atoms with E-state index in [4.69, 9.17) is 17.0 Å². The molecule has 3 N–H and O–H groups in total. The normalized spacial score (nSPS) is 10.3. The summed E-state index contributed by atoms with van der Waals surface area (Å²) in [5.41, 5.74) is 8.40. The number of para-hydroxylation sites is 1. The minimum Gasteiger partial charge on any atom is -0.489 e. The van der Waals surface area contributed by atoms with Gasteiger partial charge in [0.05, 0.1) is 10.5 Å². The van der Waals surface area contributed by atoms with Gasteiger partial charge in [-0.05, 0) is 43.3 Å². The van der Waals surface area contributed by atoms with Crippen molar-refractivity contribution in [1.29, 1.82) is 0 Å². The van der Waals surface area contributed by atoms with Crippen LogP contribution in [0.4, 0.5) is 5.69 Å². The lowest BCUT2D eigenvalue weighted by molar-refractivity contribution is -0.116. The van der Waals surface area contributed by atoms with E-state index in [0.29, 0.717) is 35.9 Å². The minimum absolute atomic E-state index is 0.169. The highest BCUT2D eigenvalue weighted by Crippen LogP contribution is 2.22. The molecule has 2 aromatic carbocycles. The topological polar surface area (TPSA) is 92.4 Å². The molecule has 0 bridgehead atoms. The van der Waals surface area contributed by atoms with Gasteiger partial charge in [-0.3, -0.25) is 25.4 Å². The van der Waals surface area contributed by atoms with Crippen LogP contribution in [-0.4, -0.2) is 22.3 Å². The number of amides is 2. The van der Waals surface area contributed by atoms with Crippen molar-refractivity contribution < 1.29 is 14.3 Å². The monoisotopic (exact) mass is 422 g/mol. The number of anilines is 1. The number of benzene rings is 2. The summed E-state index contributed by atoms with van der Waals surface area (Å²) in [5, 5.41) is 3.88. The van der Waals surface area contributed by atoms with Crippen molar-refractivity contribution >= 4 is 46.1 Å². The zero-order chi connectivity index (χ0) is 21.3. The third-order valence-corrected chi connectivity index (χ3v) is 4.62. The second kappa shape index (κ2) is 10.3. The lowest BCUT2D eigenvalue weighted by atomic mass is 10.1. The molecule has 3 rings (SSSR count). The van der Waals surface area contributed by atoms with Crippen molar-refractivity contribution in [2.75, 3.05) is 5.32 Å². The molecule has 0 unspecified atom stereocenters. The number of thiocarbonyl (C=S) groups is 1. The number of carbonyl (C=O) groups is 2. The number of fused-ring (bicyclic) bond motifs is 1. The van der Waals surface area contributed by atoms with Gasteiger partial charge in [0.25, 0.3) is 0 Å². The number of nitrogens with one attached hydrogen (secondary N) is 3. The first-order valence-corrected chi connectivity index (χ1v) is 9.82. The Balaban J connectivity index is 1.53. The van der Waals surface area contributed by atoms with Crippen molar-refractivity contribution in [3.8, 4) is 5.75 Å². The Morgan fingerprint density at radius 3 is 2.67 bits per heavy atom. The molecule has 1 aromatic heterocycles. The highest BCUT2D eigenvalue weighted by Gasteiger charge is 2.07. The molecule has 0 spiro atoms. The molecular weight excluding hydrogens is 400 g/mol. The summed E-state index contributed by atoms with van der Waals surface area (Å²) in [7, 11) is 0. The lowest BCUT2D eigenvalue weighted by Gasteiger charge is -2.11. The van der Waals surface area contributed by atoms with Crippen molar-refractivity contribution in [3.63, 3.8) is 0 Å². The average molecular weight is 423 g/mol. The van der Waals surface area contributed by atoms with Crippen LogP contribution in [0, 0.1) is 6.92 Å². The van der Waals surface area contributed by atoms with E-state index in [2.05, 4.69) is 21.2 Å². The summed E-state index contributed by atoms with van der Waals surface area (Å²) in [4.78, 5) is 27.1. The highest BCUT2D eigenvalue weighted by molar-refractivity contribution is 7.80. The van der Waals surface area contributed by atoms with Crippen LogP contribution < -0.4 is 20.9 Å². The van der Waals surface area contributed by atoms with E-state index < -0.39 is 0 Å². The second-order valence-corrected chi connectivity index (χ2v) is 7.10. The van der Waals surface area contributed by atoms with E-state index in [1.165, 1.54) is 0 Å². The number of aryl methyl sites for hydroxylation is 1. The van der Waals surface area contributed by atoms with Crippen LogP contribution in [0.25, 0.3) is 10.9 Å². The molecule has 0 aliphatic carbocycles. The molecule has 0 atom stereocenters. The molecule has 0 saturated heterocycles. The van der Waals surface area contributed by atoms with Crippen molar-refractivity contribution in [1.82, 2.24) is 15.8 Å². The van der Waals surface area contributed by atoms with Crippen molar-refractivity contribution in [2.24, 2.45) is 0 Å². The van der Waals surface area contributed by atoms with E-state index in [1.807, 2.05) is 49.4 Å². The Morgan fingerprint density at radius 2 is 1.90 bits per heavy atom.